The molecule has 0 saturated carbocycles. The molecule has 1 amide bonds. The Morgan fingerprint density at radius 1 is 1.26 bits per heavy atom. The molecule has 6 nitrogen and oxygen atoms in total. The zero-order valence-electron chi connectivity index (χ0n) is 13.8. The molecule has 1 saturated heterocycles. The van der Waals surface area contributed by atoms with Crippen LogP contribution < -0.4 is 10.5 Å². The van der Waals surface area contributed by atoms with Crippen LogP contribution >= 0.6 is 0 Å². The van der Waals surface area contributed by atoms with Crippen LogP contribution in [0.2, 0.25) is 0 Å². The molecule has 2 rings (SSSR count). The number of nitrogens with zero attached hydrogens (tertiary/aromatic N) is 1. The SMILES string of the molecule is CCOc1cc(S(=O)(=O)N2CCC(C(N)=O)CC2)c(C)cc1C. The first kappa shape index (κ1) is 17.7. The van der Waals surface area contributed by atoms with Crippen LogP contribution in [-0.2, 0) is 14.8 Å². The van der Waals surface area contributed by atoms with Gasteiger partial charge in [-0.25, -0.2) is 8.42 Å². The molecule has 1 aromatic rings. The number of hydrogen-bond acceptors (Lipinski definition) is 4. The van der Waals surface area contributed by atoms with Crippen LogP contribution in [-0.4, -0.2) is 38.3 Å². The number of hydrogen-bond donors (Lipinski definition) is 1. The number of primary amides is 1. The highest BCUT2D eigenvalue weighted by Gasteiger charge is 2.32. The molecule has 128 valence electrons. The van der Waals surface area contributed by atoms with E-state index < -0.39 is 10.0 Å². The van der Waals surface area contributed by atoms with Crippen molar-refractivity contribution in [1.82, 2.24) is 4.31 Å². The van der Waals surface area contributed by atoms with Gasteiger partial charge in [0.2, 0.25) is 15.9 Å². The quantitative estimate of drug-likeness (QED) is 0.881. The maximum atomic E-state index is 12.9. The Kier molecular flexibility index (Phi) is 5.31. The predicted molar refractivity (Wildman–Crippen MR) is 87.8 cm³/mol. The van der Waals surface area contributed by atoms with E-state index in [-0.39, 0.29) is 16.7 Å². The van der Waals surface area contributed by atoms with Gasteiger partial charge in [-0.1, -0.05) is 6.07 Å². The molecule has 2 N–H and O–H groups in total. The topological polar surface area (TPSA) is 89.7 Å². The van der Waals surface area contributed by atoms with E-state index in [0.29, 0.717) is 43.9 Å². The fourth-order valence-electron chi connectivity index (χ4n) is 2.92. The van der Waals surface area contributed by atoms with Crippen LogP contribution in [0.5, 0.6) is 5.75 Å². The summed E-state index contributed by atoms with van der Waals surface area (Å²) in [6.07, 6.45) is 0.940. The second kappa shape index (κ2) is 6.88. The van der Waals surface area contributed by atoms with Crippen molar-refractivity contribution in [1.29, 1.82) is 0 Å². The van der Waals surface area contributed by atoms with Gasteiger partial charge in [0.05, 0.1) is 11.5 Å². The summed E-state index contributed by atoms with van der Waals surface area (Å²) in [6.45, 7) is 6.65. The molecule has 1 heterocycles. The number of nitrogens with two attached hydrogens (primary N) is 1. The van der Waals surface area contributed by atoms with Gasteiger partial charge in [-0.05, 0) is 44.7 Å². The summed E-state index contributed by atoms with van der Waals surface area (Å²) in [7, 11) is -3.60. The van der Waals surface area contributed by atoms with Crippen molar-refractivity contribution in [3.05, 3.63) is 23.3 Å². The van der Waals surface area contributed by atoms with E-state index in [9.17, 15) is 13.2 Å². The van der Waals surface area contributed by atoms with E-state index >= 15 is 0 Å². The highest BCUT2D eigenvalue weighted by atomic mass is 32.2. The smallest absolute Gasteiger partial charge is 0.243 e. The minimum atomic E-state index is -3.60. The minimum absolute atomic E-state index is 0.237. The van der Waals surface area contributed by atoms with Crippen molar-refractivity contribution in [2.75, 3.05) is 19.7 Å². The van der Waals surface area contributed by atoms with Gasteiger partial charge in [0, 0.05) is 25.1 Å². The van der Waals surface area contributed by atoms with Crippen LogP contribution in [0.15, 0.2) is 17.0 Å². The van der Waals surface area contributed by atoms with Crippen molar-refractivity contribution >= 4 is 15.9 Å². The van der Waals surface area contributed by atoms with Crippen molar-refractivity contribution in [2.24, 2.45) is 11.7 Å². The van der Waals surface area contributed by atoms with E-state index in [1.165, 1.54) is 4.31 Å². The highest BCUT2D eigenvalue weighted by Crippen LogP contribution is 2.30. The zero-order valence-corrected chi connectivity index (χ0v) is 14.6. The fraction of sp³-hybridized carbons (Fsp3) is 0.562. The summed E-state index contributed by atoms with van der Waals surface area (Å²) in [6, 6.07) is 3.43. The number of amides is 1. The summed E-state index contributed by atoms with van der Waals surface area (Å²) < 4.78 is 32.8. The molecule has 0 radical (unpaired) electrons. The Morgan fingerprint density at radius 3 is 2.39 bits per heavy atom. The molecule has 0 aromatic heterocycles. The fourth-order valence-corrected chi connectivity index (χ4v) is 4.61. The number of benzene rings is 1. The number of aryl methyl sites for hydroxylation is 2. The Hall–Kier alpha value is -1.60. The van der Waals surface area contributed by atoms with E-state index in [0.717, 1.165) is 5.56 Å². The lowest BCUT2D eigenvalue weighted by Crippen LogP contribution is -2.41. The van der Waals surface area contributed by atoms with Crippen molar-refractivity contribution in [2.45, 2.75) is 38.5 Å². The molecule has 0 atom stereocenters. The highest BCUT2D eigenvalue weighted by molar-refractivity contribution is 7.89. The van der Waals surface area contributed by atoms with Crippen molar-refractivity contribution in [3.63, 3.8) is 0 Å². The number of carbonyl (C=O) groups excluding carboxylic acids is 1. The normalized spacial score (nSPS) is 17.2. The lowest BCUT2D eigenvalue weighted by Gasteiger charge is -2.30. The first-order valence-electron chi connectivity index (χ1n) is 7.81. The van der Waals surface area contributed by atoms with Crippen molar-refractivity contribution < 1.29 is 17.9 Å². The monoisotopic (exact) mass is 340 g/mol. The molecule has 0 spiro atoms. The Balaban J connectivity index is 2.30. The van der Waals surface area contributed by atoms with Crippen LogP contribution in [0.3, 0.4) is 0 Å². The average molecular weight is 340 g/mol. The maximum Gasteiger partial charge on any atom is 0.243 e. The van der Waals surface area contributed by atoms with Gasteiger partial charge in [0.25, 0.3) is 0 Å². The molecule has 0 unspecified atom stereocenters. The summed E-state index contributed by atoms with van der Waals surface area (Å²) in [5, 5.41) is 0. The first-order chi connectivity index (χ1) is 10.8. The third-order valence-corrected chi connectivity index (χ3v) is 6.29. The maximum absolute atomic E-state index is 12.9. The molecule has 1 aromatic carbocycles. The molecule has 1 fully saturated rings. The number of ether oxygens (including phenoxy) is 1. The van der Waals surface area contributed by atoms with Crippen LogP contribution in [0, 0.1) is 19.8 Å². The van der Waals surface area contributed by atoms with E-state index in [4.69, 9.17) is 10.5 Å². The standard InChI is InChI=1S/C16H24N2O4S/c1-4-22-14-10-15(12(3)9-11(14)2)23(20,21)18-7-5-13(6-8-18)16(17)19/h9-10,13H,4-8H2,1-3H3,(H2,17,19). The van der Waals surface area contributed by atoms with Gasteiger partial charge < -0.3 is 10.5 Å². The zero-order chi connectivity index (χ0) is 17.2. The van der Waals surface area contributed by atoms with Crippen molar-refractivity contribution in [3.8, 4) is 5.75 Å². The van der Waals surface area contributed by atoms with Crippen LogP contribution in [0.4, 0.5) is 0 Å². The van der Waals surface area contributed by atoms with Gasteiger partial charge in [-0.3, -0.25) is 4.79 Å². The van der Waals surface area contributed by atoms with Gasteiger partial charge in [0.15, 0.2) is 0 Å². The Morgan fingerprint density at radius 2 is 1.87 bits per heavy atom. The van der Waals surface area contributed by atoms with Gasteiger partial charge in [0.1, 0.15) is 5.75 Å². The Bertz CT molecular complexity index is 692. The third kappa shape index (κ3) is 3.67. The number of piperidine rings is 1. The molecule has 0 aliphatic carbocycles. The lowest BCUT2D eigenvalue weighted by molar-refractivity contribution is -0.122. The van der Waals surface area contributed by atoms with Gasteiger partial charge in [-0.2, -0.15) is 4.31 Å². The molecule has 1 aliphatic heterocycles. The van der Waals surface area contributed by atoms with Gasteiger partial charge in [-0.15, -0.1) is 0 Å². The molecule has 7 heteroatoms. The molecular formula is C16H24N2O4S. The lowest BCUT2D eigenvalue weighted by atomic mass is 9.98. The second-order valence-electron chi connectivity index (χ2n) is 5.90. The number of sulfonamides is 1. The van der Waals surface area contributed by atoms with E-state index in [2.05, 4.69) is 0 Å². The summed E-state index contributed by atoms with van der Waals surface area (Å²) in [4.78, 5) is 11.5. The van der Waals surface area contributed by atoms with Gasteiger partial charge >= 0.3 is 0 Å². The first-order valence-corrected chi connectivity index (χ1v) is 9.25. The predicted octanol–water partition coefficient (Wildman–Crippen LogP) is 1.59. The third-order valence-electron chi connectivity index (χ3n) is 4.25. The molecule has 23 heavy (non-hydrogen) atoms. The second-order valence-corrected chi connectivity index (χ2v) is 7.80. The number of rotatable bonds is 5. The summed E-state index contributed by atoms with van der Waals surface area (Å²) in [5.74, 6) is -0.00422. The average Bonchev–Trinajstić information content (AvgIpc) is 2.50. The summed E-state index contributed by atoms with van der Waals surface area (Å²) >= 11 is 0. The van der Waals surface area contributed by atoms with E-state index in [1.807, 2.05) is 19.9 Å². The minimum Gasteiger partial charge on any atom is -0.494 e. The molecular weight excluding hydrogens is 316 g/mol. The van der Waals surface area contributed by atoms with E-state index in [1.54, 1.807) is 13.0 Å². The Labute approximate surface area is 137 Å². The number of carbonyl (C=O) groups is 1. The van der Waals surface area contributed by atoms with Crippen LogP contribution in [0.25, 0.3) is 0 Å². The molecule has 1 aliphatic rings. The van der Waals surface area contributed by atoms with Crippen LogP contribution in [0.1, 0.15) is 30.9 Å². The largest absolute Gasteiger partial charge is 0.494 e. The molecule has 0 bridgehead atoms. The summed E-state index contributed by atoms with van der Waals surface area (Å²) in [5.41, 5.74) is 6.91.